The lowest BCUT2D eigenvalue weighted by molar-refractivity contribution is -0.385. The van der Waals surface area contributed by atoms with Crippen LogP contribution < -0.4 is 14.2 Å². The van der Waals surface area contributed by atoms with Crippen LogP contribution in [0.5, 0.6) is 17.2 Å². The van der Waals surface area contributed by atoms with E-state index in [1.54, 1.807) is 30.3 Å². The van der Waals surface area contributed by atoms with E-state index in [-0.39, 0.29) is 16.9 Å². The highest BCUT2D eigenvalue weighted by atomic mass is 16.6. The molecule has 0 fully saturated rings. The van der Waals surface area contributed by atoms with Crippen LogP contribution >= 0.6 is 0 Å². The molecule has 3 aromatic rings. The quantitative estimate of drug-likeness (QED) is 0.0179. The van der Waals surface area contributed by atoms with Crippen LogP contribution in [-0.2, 0) is 0 Å². The van der Waals surface area contributed by atoms with Crippen molar-refractivity contribution in [3.8, 4) is 17.2 Å². The third-order valence-corrected chi connectivity index (χ3v) is 8.07. The van der Waals surface area contributed by atoms with Crippen LogP contribution in [-0.4, -0.2) is 29.9 Å². The van der Waals surface area contributed by atoms with Crippen LogP contribution in [0.25, 0.3) is 6.08 Å². The predicted octanol–water partition coefficient (Wildman–Crippen LogP) is 11.0. The van der Waals surface area contributed by atoms with E-state index in [9.17, 15) is 19.7 Å². The van der Waals surface area contributed by atoms with Gasteiger partial charge in [0.2, 0.25) is 5.75 Å². The number of carbonyl (C=O) groups excluding carboxylic acids is 2. The lowest BCUT2D eigenvalue weighted by Gasteiger charge is -2.08. The van der Waals surface area contributed by atoms with E-state index >= 15 is 0 Å². The normalized spacial score (nSPS) is 11.0. The van der Waals surface area contributed by atoms with Crippen molar-refractivity contribution >= 4 is 23.5 Å². The highest BCUT2D eigenvalue weighted by molar-refractivity contribution is 6.07. The molecule has 8 nitrogen and oxygen atoms in total. The van der Waals surface area contributed by atoms with E-state index < -0.39 is 22.4 Å². The van der Waals surface area contributed by atoms with E-state index in [0.29, 0.717) is 19.0 Å². The van der Waals surface area contributed by atoms with Gasteiger partial charge in [-0.2, -0.15) is 0 Å². The first-order valence-corrected chi connectivity index (χ1v) is 17.6. The number of hydrogen-bond donors (Lipinski definition) is 0. The Morgan fingerprint density at radius 2 is 1.12 bits per heavy atom. The molecule has 0 spiro atoms. The van der Waals surface area contributed by atoms with Crippen LogP contribution in [0.4, 0.5) is 5.69 Å². The molecular weight excluding hydrogens is 606 g/mol. The second-order valence-electron chi connectivity index (χ2n) is 12.1. The number of rotatable bonds is 24. The lowest BCUT2D eigenvalue weighted by Crippen LogP contribution is -2.10. The number of benzene rings is 3. The molecule has 0 N–H and O–H groups in total. The third kappa shape index (κ3) is 14.1. The van der Waals surface area contributed by atoms with Gasteiger partial charge >= 0.3 is 11.7 Å². The number of unbranched alkanes of at least 4 members (excludes halogenated alkanes) is 12. The van der Waals surface area contributed by atoms with Crippen molar-refractivity contribution in [1.29, 1.82) is 0 Å². The molecule has 0 aromatic heterocycles. The first kappa shape index (κ1) is 38.0. The van der Waals surface area contributed by atoms with Gasteiger partial charge in [-0.05, 0) is 73.0 Å². The standard InChI is InChI=1S/C40H51NO7/c1-3-5-7-9-10-11-12-13-14-16-30-46-35-23-17-32(18-24-35)19-27-38(42)34-22-28-39(37(31-34)41(44)45)48-40(43)33-20-25-36(26-21-33)47-29-15-8-6-4-2/h17-28,31H,3-16,29-30H2,1-2H3/b27-19+. The van der Waals surface area contributed by atoms with Gasteiger partial charge in [0.1, 0.15) is 11.5 Å². The number of ketones is 1. The zero-order valence-electron chi connectivity index (χ0n) is 28.6. The van der Waals surface area contributed by atoms with Gasteiger partial charge in [0.05, 0.1) is 23.7 Å². The zero-order valence-corrected chi connectivity index (χ0v) is 28.6. The molecule has 48 heavy (non-hydrogen) atoms. The van der Waals surface area contributed by atoms with Gasteiger partial charge in [-0.25, -0.2) is 4.79 Å². The van der Waals surface area contributed by atoms with Crippen molar-refractivity contribution in [3.05, 3.63) is 99.6 Å². The zero-order chi connectivity index (χ0) is 34.4. The summed E-state index contributed by atoms with van der Waals surface area (Å²) < 4.78 is 16.9. The molecular formula is C40H51NO7. The van der Waals surface area contributed by atoms with Crippen molar-refractivity contribution < 1.29 is 28.7 Å². The van der Waals surface area contributed by atoms with Crippen molar-refractivity contribution in [2.45, 2.75) is 104 Å². The summed E-state index contributed by atoms with van der Waals surface area (Å²) in [6.45, 7) is 5.66. The van der Waals surface area contributed by atoms with E-state index in [4.69, 9.17) is 14.2 Å². The second kappa shape index (κ2) is 22.2. The number of allylic oxidation sites excluding steroid dienone is 1. The molecule has 0 heterocycles. The summed E-state index contributed by atoms with van der Waals surface area (Å²) in [6, 6.07) is 17.7. The molecule has 0 aliphatic rings. The largest absolute Gasteiger partial charge is 0.494 e. The average molecular weight is 658 g/mol. The molecule has 0 aliphatic carbocycles. The molecule has 0 saturated heterocycles. The van der Waals surface area contributed by atoms with E-state index in [1.807, 2.05) is 24.3 Å². The Balaban J connectivity index is 1.45. The van der Waals surface area contributed by atoms with Gasteiger partial charge in [-0.1, -0.05) is 109 Å². The van der Waals surface area contributed by atoms with Crippen molar-refractivity contribution in [2.75, 3.05) is 13.2 Å². The summed E-state index contributed by atoms with van der Waals surface area (Å²) in [5, 5.41) is 11.8. The molecule has 0 radical (unpaired) electrons. The summed E-state index contributed by atoms with van der Waals surface area (Å²) >= 11 is 0. The SMILES string of the molecule is CCCCCCCCCCCCOc1ccc(/C=C/C(=O)c2ccc(OC(=O)c3ccc(OCCCCCC)cc3)c([N+](=O)[O-])c2)cc1. The van der Waals surface area contributed by atoms with Crippen molar-refractivity contribution in [3.63, 3.8) is 0 Å². The molecule has 258 valence electrons. The van der Waals surface area contributed by atoms with E-state index in [0.717, 1.165) is 49.5 Å². The Bertz CT molecular complexity index is 1430. The topological polar surface area (TPSA) is 105 Å². The maximum absolute atomic E-state index is 12.8. The minimum Gasteiger partial charge on any atom is -0.494 e. The molecule has 0 amide bonds. The van der Waals surface area contributed by atoms with Crippen LogP contribution in [0, 0.1) is 10.1 Å². The van der Waals surface area contributed by atoms with Gasteiger partial charge < -0.3 is 14.2 Å². The smallest absolute Gasteiger partial charge is 0.343 e. The summed E-state index contributed by atoms with van der Waals surface area (Å²) in [4.78, 5) is 36.7. The molecule has 0 atom stereocenters. The van der Waals surface area contributed by atoms with Gasteiger partial charge in [0.25, 0.3) is 0 Å². The fourth-order valence-electron chi connectivity index (χ4n) is 5.19. The van der Waals surface area contributed by atoms with Crippen LogP contribution in [0.2, 0.25) is 0 Å². The summed E-state index contributed by atoms with van der Waals surface area (Å²) in [7, 11) is 0. The Kier molecular flexibility index (Phi) is 17.5. The van der Waals surface area contributed by atoms with Crippen LogP contribution in [0.3, 0.4) is 0 Å². The van der Waals surface area contributed by atoms with E-state index in [1.165, 1.54) is 76.0 Å². The Labute approximate surface area is 285 Å². The minimum atomic E-state index is -0.748. The van der Waals surface area contributed by atoms with Gasteiger partial charge in [-0.15, -0.1) is 0 Å². The number of nitro groups is 1. The fraction of sp³-hybridized carbons (Fsp3) is 0.450. The number of ether oxygens (including phenoxy) is 3. The first-order chi connectivity index (χ1) is 23.4. The number of esters is 1. The molecule has 3 rings (SSSR count). The minimum absolute atomic E-state index is 0.106. The van der Waals surface area contributed by atoms with Gasteiger partial charge in [0.15, 0.2) is 5.78 Å². The maximum atomic E-state index is 12.8. The summed E-state index contributed by atoms with van der Waals surface area (Å²) in [5.74, 6) is 0.00580. The highest BCUT2D eigenvalue weighted by Crippen LogP contribution is 2.29. The number of hydrogen-bond acceptors (Lipinski definition) is 7. The van der Waals surface area contributed by atoms with Crippen molar-refractivity contribution in [2.24, 2.45) is 0 Å². The average Bonchev–Trinajstić information content (AvgIpc) is 3.10. The fourth-order valence-corrected chi connectivity index (χ4v) is 5.19. The molecule has 0 aliphatic heterocycles. The van der Waals surface area contributed by atoms with Crippen LogP contribution in [0.15, 0.2) is 72.8 Å². The predicted molar refractivity (Wildman–Crippen MR) is 191 cm³/mol. The Hall–Kier alpha value is -4.46. The number of nitrogens with zero attached hydrogens (tertiary/aromatic N) is 1. The Morgan fingerprint density at radius 1 is 0.646 bits per heavy atom. The second-order valence-corrected chi connectivity index (χ2v) is 12.1. The third-order valence-electron chi connectivity index (χ3n) is 8.07. The van der Waals surface area contributed by atoms with Crippen molar-refractivity contribution in [1.82, 2.24) is 0 Å². The van der Waals surface area contributed by atoms with E-state index in [2.05, 4.69) is 13.8 Å². The molecule has 8 heteroatoms. The lowest BCUT2D eigenvalue weighted by atomic mass is 10.1. The number of nitro benzene ring substituents is 1. The summed E-state index contributed by atoms with van der Waals surface area (Å²) in [5.41, 5.74) is 0.650. The molecule has 0 unspecified atom stereocenters. The monoisotopic (exact) mass is 657 g/mol. The molecule has 0 bridgehead atoms. The van der Waals surface area contributed by atoms with Gasteiger partial charge in [0, 0.05) is 11.6 Å². The van der Waals surface area contributed by atoms with Crippen LogP contribution in [0.1, 0.15) is 130 Å². The summed E-state index contributed by atoms with van der Waals surface area (Å²) in [6.07, 6.45) is 20.1. The molecule has 0 saturated carbocycles. The first-order valence-electron chi connectivity index (χ1n) is 17.6. The number of carbonyl (C=O) groups is 2. The maximum Gasteiger partial charge on any atom is 0.343 e. The Morgan fingerprint density at radius 3 is 1.67 bits per heavy atom. The molecule has 3 aromatic carbocycles. The van der Waals surface area contributed by atoms with Gasteiger partial charge in [-0.3, -0.25) is 14.9 Å². The highest BCUT2D eigenvalue weighted by Gasteiger charge is 2.21.